The number of carbonyl (C=O) groups is 1. The van der Waals surface area contributed by atoms with Crippen LogP contribution in [0.1, 0.15) is 32.6 Å². The average Bonchev–Trinajstić information content (AvgIpc) is 2.28. The molecule has 0 atom stereocenters. The summed E-state index contributed by atoms with van der Waals surface area (Å²) < 4.78 is 4.95. The van der Waals surface area contributed by atoms with E-state index in [1.54, 1.807) is 6.92 Å². The second-order valence-electron chi connectivity index (χ2n) is 3.83. The number of ether oxygens (including phenoxy) is 1. The van der Waals surface area contributed by atoms with Gasteiger partial charge in [-0.2, -0.15) is 0 Å². The van der Waals surface area contributed by atoms with E-state index in [0.29, 0.717) is 6.61 Å². The fourth-order valence-electron chi connectivity index (χ4n) is 1.97. The number of oxime groups is 1. The fraction of sp³-hybridized carbons (Fsp3) is 0.800. The van der Waals surface area contributed by atoms with Gasteiger partial charge in [0.15, 0.2) is 0 Å². The first kappa shape index (κ1) is 11.8. The number of amidine groups is 1. The molecule has 1 rings (SSSR count). The summed E-state index contributed by atoms with van der Waals surface area (Å²) in [5.41, 5.74) is 5.51. The molecular formula is C10H18N2O3. The van der Waals surface area contributed by atoms with Gasteiger partial charge >= 0.3 is 5.97 Å². The van der Waals surface area contributed by atoms with Gasteiger partial charge in [0.2, 0.25) is 0 Å². The summed E-state index contributed by atoms with van der Waals surface area (Å²) in [7, 11) is 0. The lowest BCUT2D eigenvalue weighted by Gasteiger charge is -2.25. The van der Waals surface area contributed by atoms with Crippen molar-refractivity contribution in [2.24, 2.45) is 22.7 Å². The minimum Gasteiger partial charge on any atom is -0.466 e. The van der Waals surface area contributed by atoms with Gasteiger partial charge in [0, 0.05) is 5.92 Å². The quantitative estimate of drug-likeness (QED) is 0.242. The third kappa shape index (κ3) is 3.11. The predicted molar refractivity (Wildman–Crippen MR) is 55.5 cm³/mol. The third-order valence-electron chi connectivity index (χ3n) is 2.88. The summed E-state index contributed by atoms with van der Waals surface area (Å²) in [5.74, 6) is 0.265. The van der Waals surface area contributed by atoms with Gasteiger partial charge in [0.1, 0.15) is 5.84 Å². The summed E-state index contributed by atoms with van der Waals surface area (Å²) in [4.78, 5) is 11.4. The second-order valence-corrected chi connectivity index (χ2v) is 3.83. The zero-order valence-corrected chi connectivity index (χ0v) is 8.98. The van der Waals surface area contributed by atoms with Gasteiger partial charge in [-0.1, -0.05) is 5.16 Å². The molecule has 1 fully saturated rings. The maximum absolute atomic E-state index is 11.4. The van der Waals surface area contributed by atoms with Crippen molar-refractivity contribution in [1.29, 1.82) is 0 Å². The lowest BCUT2D eigenvalue weighted by molar-refractivity contribution is -0.149. The zero-order chi connectivity index (χ0) is 11.3. The minimum atomic E-state index is -0.115. The summed E-state index contributed by atoms with van der Waals surface area (Å²) in [5, 5.41) is 11.5. The van der Waals surface area contributed by atoms with Gasteiger partial charge in [0.05, 0.1) is 12.5 Å². The van der Waals surface area contributed by atoms with E-state index in [9.17, 15) is 4.79 Å². The molecule has 0 saturated heterocycles. The molecule has 1 saturated carbocycles. The van der Waals surface area contributed by atoms with Crippen LogP contribution in [0.5, 0.6) is 0 Å². The molecule has 3 N–H and O–H groups in total. The minimum absolute atomic E-state index is 0.00677. The number of nitrogens with two attached hydrogens (primary N) is 1. The van der Waals surface area contributed by atoms with Crippen LogP contribution in [0.15, 0.2) is 5.16 Å². The Bertz CT molecular complexity index is 245. The van der Waals surface area contributed by atoms with Crippen LogP contribution in [-0.2, 0) is 9.53 Å². The fourth-order valence-corrected chi connectivity index (χ4v) is 1.97. The van der Waals surface area contributed by atoms with E-state index in [1.165, 1.54) is 0 Å². The van der Waals surface area contributed by atoms with Crippen molar-refractivity contribution >= 4 is 11.8 Å². The highest BCUT2D eigenvalue weighted by atomic mass is 16.5. The number of hydrogen-bond donors (Lipinski definition) is 2. The smallest absolute Gasteiger partial charge is 0.308 e. The predicted octanol–water partition coefficient (Wildman–Crippen LogP) is 1.10. The number of esters is 1. The van der Waals surface area contributed by atoms with E-state index in [-0.39, 0.29) is 23.6 Å². The van der Waals surface area contributed by atoms with Crippen molar-refractivity contribution in [2.45, 2.75) is 32.6 Å². The zero-order valence-electron chi connectivity index (χ0n) is 8.98. The molecule has 0 spiro atoms. The topological polar surface area (TPSA) is 84.9 Å². The SMILES string of the molecule is CCOC(=O)[C@H]1CC[C@@H](/C(N)=N/O)CC1. The van der Waals surface area contributed by atoms with E-state index in [2.05, 4.69) is 5.16 Å². The molecule has 0 aromatic heterocycles. The second kappa shape index (κ2) is 5.58. The van der Waals surface area contributed by atoms with E-state index < -0.39 is 0 Å². The van der Waals surface area contributed by atoms with Crippen LogP contribution in [0.3, 0.4) is 0 Å². The Kier molecular flexibility index (Phi) is 4.39. The molecule has 5 nitrogen and oxygen atoms in total. The highest BCUT2D eigenvalue weighted by molar-refractivity contribution is 5.82. The summed E-state index contributed by atoms with van der Waals surface area (Å²) in [6.07, 6.45) is 3.11. The number of carbonyl (C=O) groups excluding carboxylic acids is 1. The molecule has 0 radical (unpaired) electrons. The first-order chi connectivity index (χ1) is 7.19. The van der Waals surface area contributed by atoms with E-state index in [0.717, 1.165) is 25.7 Å². The van der Waals surface area contributed by atoms with Gasteiger partial charge in [-0.3, -0.25) is 4.79 Å². The van der Waals surface area contributed by atoms with Crippen LogP contribution >= 0.6 is 0 Å². The largest absolute Gasteiger partial charge is 0.466 e. The molecule has 86 valence electrons. The molecule has 0 amide bonds. The number of nitrogens with zero attached hydrogens (tertiary/aromatic N) is 1. The monoisotopic (exact) mass is 214 g/mol. The summed E-state index contributed by atoms with van der Waals surface area (Å²) >= 11 is 0. The Hall–Kier alpha value is -1.26. The van der Waals surface area contributed by atoms with Gasteiger partial charge in [-0.15, -0.1) is 0 Å². The van der Waals surface area contributed by atoms with Gasteiger partial charge in [0.25, 0.3) is 0 Å². The lowest BCUT2D eigenvalue weighted by atomic mass is 9.81. The maximum atomic E-state index is 11.4. The van der Waals surface area contributed by atoms with Crippen molar-refractivity contribution in [2.75, 3.05) is 6.61 Å². The number of hydrogen-bond acceptors (Lipinski definition) is 4. The average molecular weight is 214 g/mol. The lowest BCUT2D eigenvalue weighted by Crippen LogP contribution is -2.31. The summed E-state index contributed by atoms with van der Waals surface area (Å²) in [6, 6.07) is 0. The molecule has 0 aliphatic heterocycles. The van der Waals surface area contributed by atoms with Crippen molar-refractivity contribution in [3.63, 3.8) is 0 Å². The van der Waals surface area contributed by atoms with E-state index >= 15 is 0 Å². The normalized spacial score (nSPS) is 27.4. The van der Waals surface area contributed by atoms with E-state index in [1.807, 2.05) is 0 Å². The molecule has 1 aliphatic rings. The third-order valence-corrected chi connectivity index (χ3v) is 2.88. The van der Waals surface area contributed by atoms with E-state index in [4.69, 9.17) is 15.7 Å². The van der Waals surface area contributed by atoms with Crippen LogP contribution < -0.4 is 5.73 Å². The molecule has 5 heteroatoms. The Labute approximate surface area is 89.3 Å². The van der Waals surface area contributed by atoms with Crippen LogP contribution in [0, 0.1) is 11.8 Å². The molecule has 0 bridgehead atoms. The molecule has 1 aliphatic carbocycles. The highest BCUT2D eigenvalue weighted by Gasteiger charge is 2.28. The Morgan fingerprint density at radius 1 is 1.40 bits per heavy atom. The van der Waals surface area contributed by atoms with Crippen LogP contribution in [-0.4, -0.2) is 23.6 Å². The van der Waals surface area contributed by atoms with Crippen LogP contribution in [0.4, 0.5) is 0 Å². The molecular weight excluding hydrogens is 196 g/mol. The highest BCUT2D eigenvalue weighted by Crippen LogP contribution is 2.29. The Morgan fingerprint density at radius 3 is 2.40 bits per heavy atom. The Balaban J connectivity index is 2.39. The first-order valence-corrected chi connectivity index (χ1v) is 5.33. The van der Waals surface area contributed by atoms with Crippen molar-refractivity contribution in [3.05, 3.63) is 0 Å². The molecule has 15 heavy (non-hydrogen) atoms. The van der Waals surface area contributed by atoms with Gasteiger partial charge in [-0.25, -0.2) is 0 Å². The standard InChI is InChI=1S/C10H18N2O3/c1-2-15-10(13)8-5-3-7(4-6-8)9(11)12-14/h7-8,14H,2-6H2,1H3,(H2,11,12)/t7-,8+. The van der Waals surface area contributed by atoms with Gasteiger partial charge < -0.3 is 15.7 Å². The molecule has 0 unspecified atom stereocenters. The first-order valence-electron chi connectivity index (χ1n) is 5.33. The Morgan fingerprint density at radius 2 is 1.93 bits per heavy atom. The molecule has 0 aromatic rings. The molecule has 0 aromatic carbocycles. The summed E-state index contributed by atoms with van der Waals surface area (Å²) in [6.45, 7) is 2.24. The number of rotatable bonds is 3. The van der Waals surface area contributed by atoms with Crippen molar-refractivity contribution in [1.82, 2.24) is 0 Å². The van der Waals surface area contributed by atoms with Crippen molar-refractivity contribution < 1.29 is 14.7 Å². The van der Waals surface area contributed by atoms with Crippen molar-refractivity contribution in [3.8, 4) is 0 Å². The van der Waals surface area contributed by atoms with Gasteiger partial charge in [-0.05, 0) is 32.6 Å². The van der Waals surface area contributed by atoms with Crippen LogP contribution in [0.25, 0.3) is 0 Å². The molecule has 0 heterocycles. The maximum Gasteiger partial charge on any atom is 0.308 e. The van der Waals surface area contributed by atoms with Crippen LogP contribution in [0.2, 0.25) is 0 Å².